The molecule has 0 fully saturated rings. The van der Waals surface area contributed by atoms with E-state index in [1.165, 1.54) is 0 Å². The minimum atomic E-state index is -0.657. The van der Waals surface area contributed by atoms with E-state index in [4.69, 9.17) is 17.0 Å². The van der Waals surface area contributed by atoms with E-state index in [9.17, 15) is 4.79 Å². The van der Waals surface area contributed by atoms with E-state index in [-0.39, 0.29) is 5.91 Å². The number of ether oxygens (including phenoxy) is 1. The monoisotopic (exact) mass is 371 g/mol. The lowest BCUT2D eigenvalue weighted by Gasteiger charge is -2.16. The molecule has 114 valence electrons. The molecule has 0 aliphatic rings. The largest absolute Gasteiger partial charge is 0.481 e. The standard InChI is InChI=1S/C14H18BrN3O2S/c1-9(2)8-16-14(21)18-17-13(19)10(3)20-12-6-4-5-11(15)7-12/h4-7,10H,1,8H2,2-3H3,(H,17,19)(H2,16,18,21)/t10-/m0/s1. The Hall–Kier alpha value is -1.60. The Morgan fingerprint density at radius 2 is 2.19 bits per heavy atom. The van der Waals surface area contributed by atoms with Crippen LogP contribution in [0, 0.1) is 0 Å². The van der Waals surface area contributed by atoms with Crippen molar-refractivity contribution in [3.8, 4) is 5.75 Å². The van der Waals surface area contributed by atoms with Gasteiger partial charge in [-0.1, -0.05) is 34.1 Å². The highest BCUT2D eigenvalue weighted by molar-refractivity contribution is 9.10. The van der Waals surface area contributed by atoms with Crippen LogP contribution in [0.2, 0.25) is 0 Å². The van der Waals surface area contributed by atoms with Crippen LogP contribution >= 0.6 is 28.1 Å². The van der Waals surface area contributed by atoms with E-state index in [1.54, 1.807) is 19.1 Å². The first-order chi connectivity index (χ1) is 9.88. The molecule has 0 unspecified atom stereocenters. The maximum atomic E-state index is 11.9. The second-order valence-corrected chi connectivity index (χ2v) is 5.80. The second kappa shape index (κ2) is 8.63. The maximum absolute atomic E-state index is 11.9. The molecule has 5 nitrogen and oxygen atoms in total. The summed E-state index contributed by atoms with van der Waals surface area (Å²) in [4.78, 5) is 11.9. The van der Waals surface area contributed by atoms with Gasteiger partial charge >= 0.3 is 0 Å². The molecule has 0 radical (unpaired) electrons. The second-order valence-electron chi connectivity index (χ2n) is 4.47. The normalized spacial score (nSPS) is 11.2. The van der Waals surface area contributed by atoms with Crippen molar-refractivity contribution in [2.75, 3.05) is 6.54 Å². The van der Waals surface area contributed by atoms with Crippen LogP contribution in [0.15, 0.2) is 40.9 Å². The number of thiocarbonyl (C=S) groups is 1. The van der Waals surface area contributed by atoms with Crippen molar-refractivity contribution >= 4 is 39.2 Å². The molecule has 0 aromatic heterocycles. The minimum Gasteiger partial charge on any atom is -0.481 e. The first-order valence-corrected chi connectivity index (χ1v) is 7.49. The Morgan fingerprint density at radius 3 is 2.81 bits per heavy atom. The highest BCUT2D eigenvalue weighted by atomic mass is 79.9. The molecule has 7 heteroatoms. The molecule has 1 atom stereocenters. The molecule has 0 spiro atoms. The van der Waals surface area contributed by atoms with Crippen LogP contribution in [0.5, 0.6) is 5.75 Å². The molecule has 1 aromatic rings. The highest BCUT2D eigenvalue weighted by Crippen LogP contribution is 2.18. The lowest BCUT2D eigenvalue weighted by Crippen LogP contribution is -2.50. The average Bonchev–Trinajstić information content (AvgIpc) is 2.42. The molecule has 0 aliphatic heterocycles. The van der Waals surface area contributed by atoms with Gasteiger partial charge in [-0.05, 0) is 44.3 Å². The SMILES string of the molecule is C=C(C)CNC(=S)NNC(=O)[C@H](C)Oc1cccc(Br)c1. The molecule has 21 heavy (non-hydrogen) atoms. The van der Waals surface area contributed by atoms with Gasteiger partial charge in [0.25, 0.3) is 5.91 Å². The number of hydrogen-bond donors (Lipinski definition) is 3. The highest BCUT2D eigenvalue weighted by Gasteiger charge is 2.14. The lowest BCUT2D eigenvalue weighted by atomic mass is 10.3. The van der Waals surface area contributed by atoms with Crippen molar-refractivity contribution in [1.82, 2.24) is 16.2 Å². The van der Waals surface area contributed by atoms with Gasteiger partial charge in [0, 0.05) is 11.0 Å². The number of rotatable bonds is 5. The van der Waals surface area contributed by atoms with Crippen molar-refractivity contribution in [1.29, 1.82) is 0 Å². The van der Waals surface area contributed by atoms with Crippen LogP contribution in [-0.4, -0.2) is 23.7 Å². The van der Waals surface area contributed by atoms with E-state index >= 15 is 0 Å². The molecule has 0 bridgehead atoms. The zero-order valence-electron chi connectivity index (χ0n) is 11.9. The van der Waals surface area contributed by atoms with Crippen LogP contribution in [0.4, 0.5) is 0 Å². The molecule has 0 aliphatic carbocycles. The summed E-state index contributed by atoms with van der Waals surface area (Å²) in [6, 6.07) is 7.28. The number of carbonyl (C=O) groups is 1. The van der Waals surface area contributed by atoms with Gasteiger partial charge < -0.3 is 10.1 Å². The fourth-order valence-electron chi connectivity index (χ4n) is 1.29. The Balaban J connectivity index is 2.37. The third-order valence-corrected chi connectivity index (χ3v) is 3.07. The van der Waals surface area contributed by atoms with Crippen LogP contribution in [0.25, 0.3) is 0 Å². The van der Waals surface area contributed by atoms with Gasteiger partial charge in [0.15, 0.2) is 11.2 Å². The number of hydrazine groups is 1. The predicted molar refractivity (Wildman–Crippen MR) is 90.9 cm³/mol. The fourth-order valence-corrected chi connectivity index (χ4v) is 1.79. The molecule has 1 aromatic carbocycles. The molecular formula is C14H18BrN3O2S. The predicted octanol–water partition coefficient (Wildman–Crippen LogP) is 2.29. The number of hydrogen-bond acceptors (Lipinski definition) is 3. The number of benzene rings is 1. The summed E-state index contributed by atoms with van der Waals surface area (Å²) in [6.07, 6.45) is -0.657. The summed E-state index contributed by atoms with van der Waals surface area (Å²) in [5.74, 6) is 0.282. The van der Waals surface area contributed by atoms with E-state index in [0.29, 0.717) is 17.4 Å². The Bertz CT molecular complexity index is 537. The van der Waals surface area contributed by atoms with Gasteiger partial charge in [-0.3, -0.25) is 15.6 Å². The summed E-state index contributed by atoms with van der Waals surface area (Å²) in [5, 5.41) is 3.21. The number of halogens is 1. The molecule has 1 amide bonds. The van der Waals surface area contributed by atoms with Gasteiger partial charge in [0.2, 0.25) is 0 Å². The number of carbonyl (C=O) groups excluding carboxylic acids is 1. The number of amides is 1. The lowest BCUT2D eigenvalue weighted by molar-refractivity contribution is -0.127. The van der Waals surface area contributed by atoms with E-state index in [1.807, 2.05) is 19.1 Å². The van der Waals surface area contributed by atoms with Crippen molar-refractivity contribution in [3.05, 3.63) is 40.9 Å². The maximum Gasteiger partial charge on any atom is 0.279 e. The molecule has 1 rings (SSSR count). The fraction of sp³-hybridized carbons (Fsp3) is 0.286. The molecule has 0 saturated carbocycles. The van der Waals surface area contributed by atoms with E-state index < -0.39 is 6.10 Å². The quantitative estimate of drug-likeness (QED) is 0.421. The summed E-state index contributed by atoms with van der Waals surface area (Å²) < 4.78 is 6.41. The third kappa shape index (κ3) is 7.10. The summed E-state index contributed by atoms with van der Waals surface area (Å²) in [7, 11) is 0. The Labute approximate surface area is 138 Å². The van der Waals surface area contributed by atoms with Gasteiger partial charge in [0.05, 0.1) is 0 Å². The topological polar surface area (TPSA) is 62.4 Å². The smallest absolute Gasteiger partial charge is 0.279 e. The van der Waals surface area contributed by atoms with E-state index in [2.05, 4.69) is 38.7 Å². The zero-order chi connectivity index (χ0) is 15.8. The van der Waals surface area contributed by atoms with Crippen molar-refractivity contribution in [3.63, 3.8) is 0 Å². The first kappa shape index (κ1) is 17.5. The van der Waals surface area contributed by atoms with Gasteiger partial charge in [-0.2, -0.15) is 0 Å². The van der Waals surface area contributed by atoms with Crippen LogP contribution in [-0.2, 0) is 4.79 Å². The van der Waals surface area contributed by atoms with Crippen LogP contribution in [0.3, 0.4) is 0 Å². The van der Waals surface area contributed by atoms with Gasteiger partial charge in [-0.25, -0.2) is 0 Å². The molecule has 0 saturated heterocycles. The summed E-state index contributed by atoms with van der Waals surface area (Å²) >= 11 is 8.34. The zero-order valence-corrected chi connectivity index (χ0v) is 14.3. The Kier molecular flexibility index (Phi) is 7.18. The van der Waals surface area contributed by atoms with Crippen LogP contribution < -0.4 is 20.9 Å². The first-order valence-electron chi connectivity index (χ1n) is 6.29. The van der Waals surface area contributed by atoms with Crippen molar-refractivity contribution in [2.45, 2.75) is 20.0 Å². The van der Waals surface area contributed by atoms with Crippen LogP contribution in [0.1, 0.15) is 13.8 Å². The third-order valence-electron chi connectivity index (χ3n) is 2.33. The minimum absolute atomic E-state index is 0.320. The average molecular weight is 372 g/mol. The van der Waals surface area contributed by atoms with Crippen molar-refractivity contribution in [2.24, 2.45) is 0 Å². The van der Waals surface area contributed by atoms with E-state index in [0.717, 1.165) is 10.0 Å². The molecular weight excluding hydrogens is 354 g/mol. The summed E-state index contributed by atoms with van der Waals surface area (Å²) in [5.41, 5.74) is 6.03. The summed E-state index contributed by atoms with van der Waals surface area (Å²) in [6.45, 7) is 7.82. The molecule has 0 heterocycles. The van der Waals surface area contributed by atoms with Gasteiger partial charge in [-0.15, -0.1) is 0 Å². The number of nitrogens with one attached hydrogen (secondary N) is 3. The van der Waals surface area contributed by atoms with Gasteiger partial charge in [0.1, 0.15) is 5.75 Å². The van der Waals surface area contributed by atoms with Crippen molar-refractivity contribution < 1.29 is 9.53 Å². The Morgan fingerprint density at radius 1 is 1.48 bits per heavy atom. The molecule has 3 N–H and O–H groups in total.